The van der Waals surface area contributed by atoms with Crippen molar-refractivity contribution in [3.05, 3.63) is 33.7 Å². The van der Waals surface area contributed by atoms with Crippen LogP contribution in [0.3, 0.4) is 0 Å². The molecule has 78 valence electrons. The Morgan fingerprint density at radius 3 is 2.40 bits per heavy atom. The Balaban J connectivity index is 2.10. The Kier molecular flexibility index (Phi) is 2.87. The highest BCUT2D eigenvalue weighted by atomic mass is 79.9. The van der Waals surface area contributed by atoms with Gasteiger partial charge in [0.1, 0.15) is 9.21 Å². The molecule has 0 unspecified atom stereocenters. The Hall–Kier alpha value is -1.15. The van der Waals surface area contributed by atoms with E-state index in [0.29, 0.717) is 9.21 Å². The molecule has 2 rings (SSSR count). The number of rotatable bonds is 1. The topological polar surface area (TPSA) is 61.9 Å². The van der Waals surface area contributed by atoms with Crippen molar-refractivity contribution in [2.75, 3.05) is 0 Å². The van der Waals surface area contributed by atoms with Gasteiger partial charge in [0.15, 0.2) is 0 Å². The monoisotopic (exact) mass is 334 g/mol. The molecule has 0 aliphatic rings. The quantitative estimate of drug-likeness (QED) is 0.795. The molecule has 0 radical (unpaired) electrons. The first-order chi connectivity index (χ1) is 7.15. The predicted octanol–water partition coefficient (Wildman–Crippen LogP) is 1.70. The molecule has 0 aromatic carbocycles. The Morgan fingerprint density at radius 2 is 1.87 bits per heavy atom. The molecule has 2 heterocycles. The number of hydrogen-bond donors (Lipinski definition) is 0. The first-order valence-corrected chi connectivity index (χ1v) is 5.39. The minimum absolute atomic E-state index is 0.557. The molecular formula is C7H4Br2N4O2. The molecule has 0 bridgehead atoms. The van der Waals surface area contributed by atoms with Crippen molar-refractivity contribution in [1.82, 2.24) is 19.7 Å². The van der Waals surface area contributed by atoms with Gasteiger partial charge >= 0.3 is 6.09 Å². The largest absolute Gasteiger partial charge is 0.460 e. The molecule has 6 nitrogen and oxygen atoms in total. The normalized spacial score (nSPS) is 10.3. The summed E-state index contributed by atoms with van der Waals surface area (Å²) in [4.78, 5) is 17.3. The molecule has 0 saturated carbocycles. The third kappa shape index (κ3) is 2.45. The minimum Gasteiger partial charge on any atom is -0.297 e. The maximum atomic E-state index is 11.4. The van der Waals surface area contributed by atoms with E-state index < -0.39 is 6.09 Å². The van der Waals surface area contributed by atoms with Gasteiger partial charge in [-0.2, -0.15) is 9.78 Å². The van der Waals surface area contributed by atoms with Crippen molar-refractivity contribution in [2.45, 2.75) is 0 Å². The van der Waals surface area contributed by atoms with Crippen molar-refractivity contribution in [3.63, 3.8) is 0 Å². The summed E-state index contributed by atoms with van der Waals surface area (Å²) < 4.78 is 2.19. The lowest BCUT2D eigenvalue weighted by atomic mass is 10.7. The summed E-state index contributed by atoms with van der Waals surface area (Å²) >= 11 is 6.25. The summed E-state index contributed by atoms with van der Waals surface area (Å²) in [5.74, 6) is 0. The average Bonchev–Trinajstić information content (AvgIpc) is 2.75. The number of carbonyl (C=O) groups excluding carboxylic acids is 1. The van der Waals surface area contributed by atoms with Gasteiger partial charge in [-0.05, 0) is 44.0 Å². The predicted molar refractivity (Wildman–Crippen MR) is 57.2 cm³/mol. The van der Waals surface area contributed by atoms with Crippen molar-refractivity contribution >= 4 is 38.0 Å². The fourth-order valence-electron chi connectivity index (χ4n) is 0.862. The summed E-state index contributed by atoms with van der Waals surface area (Å²) in [6.07, 6.45) is 2.34. The summed E-state index contributed by atoms with van der Waals surface area (Å²) in [6, 6.07) is 3.27. The van der Waals surface area contributed by atoms with Crippen LogP contribution in [0.1, 0.15) is 0 Å². The van der Waals surface area contributed by atoms with Crippen molar-refractivity contribution in [1.29, 1.82) is 0 Å². The van der Waals surface area contributed by atoms with Crippen LogP contribution in [0, 0.1) is 0 Å². The Morgan fingerprint density at radius 1 is 1.20 bits per heavy atom. The third-order valence-corrected chi connectivity index (χ3v) is 2.29. The molecule has 0 fully saturated rings. The Bertz CT molecular complexity index is 493. The van der Waals surface area contributed by atoms with Crippen molar-refractivity contribution in [3.8, 4) is 0 Å². The van der Waals surface area contributed by atoms with E-state index in [0.717, 1.165) is 9.53 Å². The second-order valence-corrected chi connectivity index (χ2v) is 4.11. The van der Waals surface area contributed by atoms with E-state index in [-0.39, 0.29) is 0 Å². The molecular weight excluding hydrogens is 332 g/mol. The van der Waals surface area contributed by atoms with Gasteiger partial charge in [-0.15, -0.1) is 5.10 Å². The zero-order valence-electron chi connectivity index (χ0n) is 7.17. The summed E-state index contributed by atoms with van der Waals surface area (Å²) in [6.45, 7) is 0. The molecule has 0 spiro atoms. The van der Waals surface area contributed by atoms with Crippen LogP contribution in [0.2, 0.25) is 0 Å². The lowest BCUT2D eigenvalue weighted by molar-refractivity contribution is 0.114. The van der Waals surface area contributed by atoms with Gasteiger partial charge < -0.3 is 0 Å². The highest BCUT2D eigenvalue weighted by Gasteiger charge is 2.09. The van der Waals surface area contributed by atoms with Gasteiger partial charge in [0.05, 0.1) is 6.20 Å². The van der Waals surface area contributed by atoms with E-state index in [1.54, 1.807) is 12.1 Å². The van der Waals surface area contributed by atoms with Crippen LogP contribution in [-0.2, 0) is 0 Å². The van der Waals surface area contributed by atoms with E-state index in [1.165, 1.54) is 12.4 Å². The van der Waals surface area contributed by atoms with Gasteiger partial charge in [-0.3, -0.25) is 4.84 Å². The van der Waals surface area contributed by atoms with Crippen LogP contribution >= 0.6 is 31.9 Å². The fourth-order valence-corrected chi connectivity index (χ4v) is 1.43. The van der Waals surface area contributed by atoms with Gasteiger partial charge in [0, 0.05) is 6.20 Å². The van der Waals surface area contributed by atoms with E-state index in [1.807, 2.05) is 0 Å². The van der Waals surface area contributed by atoms with E-state index in [9.17, 15) is 4.79 Å². The lowest BCUT2D eigenvalue weighted by Crippen LogP contribution is -2.25. The minimum atomic E-state index is -0.642. The van der Waals surface area contributed by atoms with Crippen molar-refractivity contribution in [2.24, 2.45) is 0 Å². The van der Waals surface area contributed by atoms with E-state index >= 15 is 0 Å². The molecule has 0 amide bonds. The SMILES string of the molecule is O=C(On1ccc(Br)n1)n1ccc(Br)n1. The molecule has 0 saturated heterocycles. The highest BCUT2D eigenvalue weighted by molar-refractivity contribution is 9.10. The molecule has 8 heteroatoms. The first kappa shape index (κ1) is 10.4. The van der Waals surface area contributed by atoms with E-state index in [4.69, 9.17) is 4.84 Å². The molecule has 15 heavy (non-hydrogen) atoms. The highest BCUT2D eigenvalue weighted by Crippen LogP contribution is 2.05. The molecule has 0 atom stereocenters. The summed E-state index contributed by atoms with van der Waals surface area (Å²) in [7, 11) is 0. The third-order valence-electron chi connectivity index (χ3n) is 1.45. The first-order valence-electron chi connectivity index (χ1n) is 3.80. The van der Waals surface area contributed by atoms with Crippen LogP contribution in [0.25, 0.3) is 0 Å². The van der Waals surface area contributed by atoms with E-state index in [2.05, 4.69) is 42.1 Å². The molecule has 0 aliphatic carbocycles. The maximum absolute atomic E-state index is 11.4. The summed E-state index contributed by atoms with van der Waals surface area (Å²) in [5, 5.41) is 7.64. The van der Waals surface area contributed by atoms with Gasteiger partial charge in [-0.1, -0.05) is 4.85 Å². The smallest absolute Gasteiger partial charge is 0.297 e. The summed E-state index contributed by atoms with van der Waals surface area (Å²) in [5.41, 5.74) is 0. The van der Waals surface area contributed by atoms with Crippen LogP contribution in [0.4, 0.5) is 4.79 Å². The van der Waals surface area contributed by atoms with Gasteiger partial charge in [-0.25, -0.2) is 4.79 Å². The molecule has 2 aromatic heterocycles. The zero-order chi connectivity index (χ0) is 10.8. The van der Waals surface area contributed by atoms with Gasteiger partial charge in [0.2, 0.25) is 0 Å². The molecule has 2 aromatic rings. The second-order valence-electron chi connectivity index (χ2n) is 2.48. The van der Waals surface area contributed by atoms with Crippen molar-refractivity contribution < 1.29 is 9.63 Å². The fraction of sp³-hybridized carbons (Fsp3) is 0. The number of nitrogens with zero attached hydrogens (tertiary/aromatic N) is 4. The maximum Gasteiger partial charge on any atom is 0.460 e. The van der Waals surface area contributed by atoms with Crippen LogP contribution in [0.15, 0.2) is 33.7 Å². The van der Waals surface area contributed by atoms with Crippen LogP contribution < -0.4 is 4.84 Å². The van der Waals surface area contributed by atoms with Gasteiger partial charge in [0.25, 0.3) is 0 Å². The number of carbonyl (C=O) groups is 1. The lowest BCUT2D eigenvalue weighted by Gasteiger charge is -2.00. The standard InChI is InChI=1S/C7H4Br2N4O2/c8-5-1-3-12(10-5)7(14)15-13-4-2-6(9)11-13/h1-4H. The Labute approximate surface area is 101 Å². The number of halogens is 2. The second kappa shape index (κ2) is 4.15. The average molecular weight is 336 g/mol. The van der Waals surface area contributed by atoms with Crippen LogP contribution in [0.5, 0.6) is 0 Å². The number of hydrogen-bond acceptors (Lipinski definition) is 4. The van der Waals surface area contributed by atoms with Crippen LogP contribution in [-0.4, -0.2) is 25.8 Å². The number of aromatic nitrogens is 4. The molecule has 0 aliphatic heterocycles. The zero-order valence-corrected chi connectivity index (χ0v) is 10.3. The molecule has 0 N–H and O–H groups in total.